The van der Waals surface area contributed by atoms with Gasteiger partial charge in [0, 0.05) is 36.1 Å². The zero-order valence-corrected chi connectivity index (χ0v) is 12.7. The highest BCUT2D eigenvalue weighted by atomic mass is 16.6. The predicted octanol–water partition coefficient (Wildman–Crippen LogP) is 3.59. The van der Waals surface area contributed by atoms with Crippen LogP contribution < -0.4 is 4.90 Å². The summed E-state index contributed by atoms with van der Waals surface area (Å²) in [5, 5.41) is 10.9. The van der Waals surface area contributed by atoms with Gasteiger partial charge in [-0.3, -0.25) is 14.9 Å². The lowest BCUT2D eigenvalue weighted by Gasteiger charge is -2.16. The quantitative estimate of drug-likeness (QED) is 0.492. The van der Waals surface area contributed by atoms with Crippen molar-refractivity contribution in [1.82, 2.24) is 0 Å². The minimum atomic E-state index is -0.385. The van der Waals surface area contributed by atoms with Crippen molar-refractivity contribution in [1.29, 1.82) is 0 Å². The van der Waals surface area contributed by atoms with E-state index in [1.165, 1.54) is 6.07 Å². The van der Waals surface area contributed by atoms with Crippen molar-refractivity contribution in [2.24, 2.45) is 0 Å². The van der Waals surface area contributed by atoms with Gasteiger partial charge in [0.25, 0.3) is 5.69 Å². The third kappa shape index (κ3) is 2.99. The first kappa shape index (κ1) is 15.0. The number of nitrogens with zero attached hydrogens (tertiary/aromatic N) is 2. The van der Waals surface area contributed by atoms with Crippen molar-refractivity contribution in [3.63, 3.8) is 0 Å². The van der Waals surface area contributed by atoms with Crippen LogP contribution >= 0.6 is 0 Å². The van der Waals surface area contributed by atoms with Gasteiger partial charge in [0.05, 0.1) is 4.92 Å². The minimum Gasteiger partial charge on any atom is -0.347 e. The third-order valence-electron chi connectivity index (χ3n) is 3.95. The van der Waals surface area contributed by atoms with E-state index in [4.69, 9.17) is 0 Å². The van der Waals surface area contributed by atoms with Crippen molar-refractivity contribution in [3.8, 4) is 0 Å². The summed E-state index contributed by atoms with van der Waals surface area (Å²) in [7, 11) is 0. The summed E-state index contributed by atoms with van der Waals surface area (Å²) in [6, 6.07) is 14.4. The zero-order valence-electron chi connectivity index (χ0n) is 12.7. The molecule has 1 heterocycles. The molecule has 0 bridgehead atoms. The van der Waals surface area contributed by atoms with Gasteiger partial charge in [-0.2, -0.15) is 0 Å². The van der Waals surface area contributed by atoms with E-state index in [-0.39, 0.29) is 16.4 Å². The smallest absolute Gasteiger partial charge is 0.269 e. The van der Waals surface area contributed by atoms with E-state index in [9.17, 15) is 14.9 Å². The van der Waals surface area contributed by atoms with Crippen LogP contribution in [0.5, 0.6) is 0 Å². The standard InChI is InChI=1S/C18H16N2O3/c1-13(21)17(14-5-3-2-4-6-14)12-19-10-9-15-11-16(20(22)23)7-8-18(15)19/h2-8,11-12H,9-10H2,1H3/b17-12+. The van der Waals surface area contributed by atoms with Gasteiger partial charge in [0.2, 0.25) is 0 Å². The summed E-state index contributed by atoms with van der Waals surface area (Å²) in [5.41, 5.74) is 3.47. The van der Waals surface area contributed by atoms with Crippen LogP contribution in [0.3, 0.4) is 0 Å². The molecule has 0 atom stereocenters. The van der Waals surface area contributed by atoms with E-state index >= 15 is 0 Å². The third-order valence-corrected chi connectivity index (χ3v) is 3.95. The first-order chi connectivity index (χ1) is 11.1. The lowest BCUT2D eigenvalue weighted by molar-refractivity contribution is -0.384. The molecule has 2 aromatic carbocycles. The normalized spacial score (nSPS) is 13.8. The summed E-state index contributed by atoms with van der Waals surface area (Å²) in [6.45, 7) is 2.26. The fourth-order valence-corrected chi connectivity index (χ4v) is 2.80. The molecule has 5 heteroatoms. The fourth-order valence-electron chi connectivity index (χ4n) is 2.80. The Bertz CT molecular complexity index is 797. The first-order valence-electron chi connectivity index (χ1n) is 7.38. The number of nitro groups is 1. The van der Waals surface area contributed by atoms with Gasteiger partial charge in [-0.1, -0.05) is 30.3 Å². The number of hydrogen-bond acceptors (Lipinski definition) is 4. The molecular formula is C18H16N2O3. The van der Waals surface area contributed by atoms with Crippen molar-refractivity contribution >= 4 is 22.7 Å². The fraction of sp³-hybridized carbons (Fsp3) is 0.167. The number of rotatable bonds is 4. The molecular weight excluding hydrogens is 292 g/mol. The van der Waals surface area contributed by atoms with E-state index in [0.717, 1.165) is 23.2 Å². The number of anilines is 1. The largest absolute Gasteiger partial charge is 0.347 e. The number of Topliss-reactive ketones (excluding diaryl/α,β-unsaturated/α-hetero) is 1. The zero-order chi connectivity index (χ0) is 16.4. The maximum absolute atomic E-state index is 12.0. The van der Waals surface area contributed by atoms with Crippen LogP contribution in [0.1, 0.15) is 18.1 Å². The maximum Gasteiger partial charge on any atom is 0.269 e. The lowest BCUT2D eigenvalue weighted by Crippen LogP contribution is -2.14. The number of hydrogen-bond donors (Lipinski definition) is 0. The van der Waals surface area contributed by atoms with Crippen molar-refractivity contribution < 1.29 is 9.72 Å². The number of nitro benzene ring substituents is 1. The molecule has 0 spiro atoms. The summed E-state index contributed by atoms with van der Waals surface area (Å²) < 4.78 is 0. The summed E-state index contributed by atoms with van der Waals surface area (Å²) in [6.07, 6.45) is 2.57. The van der Waals surface area contributed by atoms with Crippen LogP contribution in [0.4, 0.5) is 11.4 Å². The van der Waals surface area contributed by atoms with Gasteiger partial charge in [0.15, 0.2) is 5.78 Å². The number of ketones is 1. The Morgan fingerprint density at radius 2 is 1.96 bits per heavy atom. The maximum atomic E-state index is 12.0. The van der Waals surface area contributed by atoms with E-state index < -0.39 is 0 Å². The number of carbonyl (C=O) groups is 1. The van der Waals surface area contributed by atoms with Crippen LogP contribution in [0.2, 0.25) is 0 Å². The second kappa shape index (κ2) is 6.04. The van der Waals surface area contributed by atoms with E-state index in [2.05, 4.69) is 0 Å². The number of non-ortho nitro benzene ring substituents is 1. The van der Waals surface area contributed by atoms with Gasteiger partial charge in [0.1, 0.15) is 0 Å². The molecule has 1 aliphatic rings. The van der Waals surface area contributed by atoms with Crippen LogP contribution in [-0.4, -0.2) is 17.3 Å². The number of carbonyl (C=O) groups excluding carboxylic acids is 1. The Hall–Kier alpha value is -2.95. The van der Waals surface area contributed by atoms with Crippen LogP contribution in [-0.2, 0) is 11.2 Å². The number of benzene rings is 2. The van der Waals surface area contributed by atoms with E-state index in [1.54, 1.807) is 19.1 Å². The number of allylic oxidation sites excluding steroid dienone is 1. The molecule has 0 amide bonds. The minimum absolute atomic E-state index is 0.00781. The molecule has 0 fully saturated rings. The highest BCUT2D eigenvalue weighted by Crippen LogP contribution is 2.32. The highest BCUT2D eigenvalue weighted by Gasteiger charge is 2.21. The van der Waals surface area contributed by atoms with E-state index in [1.807, 2.05) is 41.4 Å². The molecule has 3 rings (SSSR count). The van der Waals surface area contributed by atoms with Gasteiger partial charge in [-0.25, -0.2) is 0 Å². The predicted molar refractivity (Wildman–Crippen MR) is 89.2 cm³/mol. The molecule has 5 nitrogen and oxygen atoms in total. The Morgan fingerprint density at radius 3 is 2.61 bits per heavy atom. The lowest BCUT2D eigenvalue weighted by atomic mass is 10.0. The summed E-state index contributed by atoms with van der Waals surface area (Å²) >= 11 is 0. The average molecular weight is 308 g/mol. The molecule has 1 aliphatic heterocycles. The summed E-state index contributed by atoms with van der Waals surface area (Å²) in [5.74, 6) is -0.00781. The molecule has 0 radical (unpaired) electrons. The van der Waals surface area contributed by atoms with Crippen LogP contribution in [0, 0.1) is 10.1 Å². The van der Waals surface area contributed by atoms with Crippen molar-refractivity contribution in [3.05, 3.63) is 76.0 Å². The SMILES string of the molecule is CC(=O)/C(=C\N1CCc2cc([N+](=O)[O-])ccc21)c1ccccc1. The Balaban J connectivity index is 1.98. The Labute approximate surface area is 134 Å². The first-order valence-corrected chi connectivity index (χ1v) is 7.38. The van der Waals surface area contributed by atoms with Gasteiger partial charge < -0.3 is 4.90 Å². The van der Waals surface area contributed by atoms with E-state index in [0.29, 0.717) is 12.1 Å². The highest BCUT2D eigenvalue weighted by molar-refractivity contribution is 6.19. The average Bonchev–Trinajstić information content (AvgIpc) is 2.95. The molecule has 2 aromatic rings. The molecule has 0 aliphatic carbocycles. The van der Waals surface area contributed by atoms with Gasteiger partial charge in [-0.05, 0) is 30.5 Å². The van der Waals surface area contributed by atoms with Crippen LogP contribution in [0.15, 0.2) is 54.7 Å². The molecule has 23 heavy (non-hydrogen) atoms. The Kier molecular flexibility index (Phi) is 3.93. The van der Waals surface area contributed by atoms with Crippen molar-refractivity contribution in [2.45, 2.75) is 13.3 Å². The second-order valence-electron chi connectivity index (χ2n) is 5.48. The van der Waals surface area contributed by atoms with Crippen LogP contribution in [0.25, 0.3) is 5.57 Å². The Morgan fingerprint density at radius 1 is 1.22 bits per heavy atom. The molecule has 0 saturated carbocycles. The monoisotopic (exact) mass is 308 g/mol. The molecule has 116 valence electrons. The molecule has 0 saturated heterocycles. The van der Waals surface area contributed by atoms with Gasteiger partial charge >= 0.3 is 0 Å². The molecule has 0 aromatic heterocycles. The van der Waals surface area contributed by atoms with Gasteiger partial charge in [-0.15, -0.1) is 0 Å². The van der Waals surface area contributed by atoms with Crippen molar-refractivity contribution in [2.75, 3.05) is 11.4 Å². The topological polar surface area (TPSA) is 63.5 Å². The molecule has 0 N–H and O–H groups in total. The second-order valence-corrected chi connectivity index (χ2v) is 5.48. The molecule has 0 unspecified atom stereocenters. The summed E-state index contributed by atoms with van der Waals surface area (Å²) in [4.78, 5) is 24.5. The number of fused-ring (bicyclic) bond motifs is 1.